The number of hydrogen-bond acceptors (Lipinski definition) is 4. The lowest BCUT2D eigenvalue weighted by molar-refractivity contribution is 0.0695. The quantitative estimate of drug-likeness (QED) is 0.506. The number of piperidine rings is 1. The van der Waals surface area contributed by atoms with Crippen molar-refractivity contribution in [3.63, 3.8) is 0 Å². The highest BCUT2D eigenvalue weighted by molar-refractivity contribution is 6.30. The van der Waals surface area contributed by atoms with Crippen molar-refractivity contribution in [3.05, 3.63) is 70.6 Å². The Balaban J connectivity index is 1.44. The van der Waals surface area contributed by atoms with E-state index in [0.717, 1.165) is 36.9 Å². The monoisotopic (exact) mass is 423 g/mol. The van der Waals surface area contributed by atoms with E-state index in [9.17, 15) is 4.79 Å². The molecule has 0 saturated carbocycles. The van der Waals surface area contributed by atoms with E-state index in [4.69, 9.17) is 16.1 Å². The molecule has 156 valence electrons. The fraction of sp³-hybridized carbons (Fsp3) is 0.375. The van der Waals surface area contributed by atoms with Crippen molar-refractivity contribution in [3.8, 4) is 11.4 Å². The molecule has 0 N–H and O–H groups in total. The van der Waals surface area contributed by atoms with Crippen LogP contribution in [0.3, 0.4) is 0 Å². The molecule has 0 bridgehead atoms. The summed E-state index contributed by atoms with van der Waals surface area (Å²) in [5.74, 6) is 1.22. The van der Waals surface area contributed by atoms with Crippen molar-refractivity contribution in [1.82, 2.24) is 15.0 Å². The van der Waals surface area contributed by atoms with Crippen molar-refractivity contribution in [2.45, 2.75) is 44.9 Å². The number of aryl methyl sites for hydroxylation is 1. The first-order chi connectivity index (χ1) is 14.6. The van der Waals surface area contributed by atoms with Crippen molar-refractivity contribution in [2.75, 3.05) is 13.1 Å². The number of amides is 1. The summed E-state index contributed by atoms with van der Waals surface area (Å²) in [4.78, 5) is 19.5. The minimum atomic E-state index is 0.0481. The first kappa shape index (κ1) is 20.6. The van der Waals surface area contributed by atoms with E-state index in [2.05, 4.69) is 29.2 Å². The Morgan fingerprint density at radius 1 is 1.23 bits per heavy atom. The Bertz CT molecular complexity index is 1000. The average molecular weight is 424 g/mol. The normalized spacial score (nSPS) is 16.6. The molecular formula is C24H26ClN3O2. The van der Waals surface area contributed by atoms with Gasteiger partial charge in [-0.3, -0.25) is 4.79 Å². The molecule has 2 heterocycles. The number of rotatable bonds is 6. The van der Waals surface area contributed by atoms with Gasteiger partial charge in [-0.1, -0.05) is 54.4 Å². The minimum Gasteiger partial charge on any atom is -0.339 e. The molecule has 1 aliphatic heterocycles. The highest BCUT2D eigenvalue weighted by Crippen LogP contribution is 2.29. The highest BCUT2D eigenvalue weighted by atomic mass is 35.5. The van der Waals surface area contributed by atoms with E-state index < -0.39 is 0 Å². The molecule has 1 amide bonds. The third kappa shape index (κ3) is 4.73. The molecule has 30 heavy (non-hydrogen) atoms. The van der Waals surface area contributed by atoms with Crippen LogP contribution < -0.4 is 0 Å². The summed E-state index contributed by atoms with van der Waals surface area (Å²) >= 11 is 6.07. The Hall–Kier alpha value is -2.66. The summed E-state index contributed by atoms with van der Waals surface area (Å²) in [6.45, 7) is 3.53. The Kier molecular flexibility index (Phi) is 6.48. The number of nitrogens with zero attached hydrogens (tertiary/aromatic N) is 3. The number of unbranched alkanes of at least 4 members (excludes halogenated alkanes) is 1. The van der Waals surface area contributed by atoms with Crippen LogP contribution in [0.5, 0.6) is 0 Å². The molecule has 1 aromatic heterocycles. The van der Waals surface area contributed by atoms with Crippen molar-refractivity contribution in [2.24, 2.45) is 0 Å². The Labute approximate surface area is 182 Å². The van der Waals surface area contributed by atoms with Gasteiger partial charge in [0.25, 0.3) is 5.91 Å². The molecule has 4 rings (SSSR count). The molecule has 0 spiro atoms. The zero-order valence-corrected chi connectivity index (χ0v) is 17.9. The standard InChI is InChI=1S/C24H26ClN3O2/c1-2-3-6-17-10-12-18(13-11-17)24(29)28-14-5-8-20(16-28)23-26-22(27-30-23)19-7-4-9-21(25)15-19/h4,7,9-13,15,20H,2-3,5-6,8,14,16H2,1H3/t20-/m1/s1. The lowest BCUT2D eigenvalue weighted by Gasteiger charge is -2.31. The summed E-state index contributed by atoms with van der Waals surface area (Å²) in [6.07, 6.45) is 5.24. The van der Waals surface area contributed by atoms with Crippen LogP contribution in [0, 0.1) is 0 Å². The van der Waals surface area contributed by atoms with Gasteiger partial charge in [0.05, 0.1) is 5.92 Å². The van der Waals surface area contributed by atoms with Crippen LogP contribution in [0.1, 0.15) is 60.3 Å². The summed E-state index contributed by atoms with van der Waals surface area (Å²) < 4.78 is 5.54. The van der Waals surface area contributed by atoms with Gasteiger partial charge in [-0.05, 0) is 55.5 Å². The first-order valence-corrected chi connectivity index (χ1v) is 11.0. The maximum atomic E-state index is 13.0. The van der Waals surface area contributed by atoms with E-state index in [1.165, 1.54) is 18.4 Å². The molecule has 1 atom stereocenters. The molecule has 0 unspecified atom stereocenters. The molecule has 3 aromatic rings. The van der Waals surface area contributed by atoms with E-state index in [0.29, 0.717) is 23.3 Å². The first-order valence-electron chi connectivity index (χ1n) is 10.6. The topological polar surface area (TPSA) is 59.2 Å². The Morgan fingerprint density at radius 3 is 2.83 bits per heavy atom. The SMILES string of the molecule is CCCCc1ccc(C(=O)N2CCC[C@@H](c3nc(-c4cccc(Cl)c4)no3)C2)cc1. The van der Waals surface area contributed by atoms with Gasteiger partial charge in [0.1, 0.15) is 0 Å². The number of carbonyl (C=O) groups is 1. The maximum absolute atomic E-state index is 13.0. The predicted molar refractivity (Wildman–Crippen MR) is 118 cm³/mol. The molecule has 5 nitrogen and oxygen atoms in total. The number of likely N-dealkylation sites (tertiary alicyclic amines) is 1. The van der Waals surface area contributed by atoms with Crippen molar-refractivity contribution < 1.29 is 9.32 Å². The predicted octanol–water partition coefficient (Wildman–Crippen LogP) is 5.75. The molecule has 2 aromatic carbocycles. The largest absolute Gasteiger partial charge is 0.339 e. The van der Waals surface area contributed by atoms with Gasteiger partial charge in [-0.15, -0.1) is 0 Å². The minimum absolute atomic E-state index is 0.0481. The van der Waals surface area contributed by atoms with Crippen LogP contribution in [-0.4, -0.2) is 34.0 Å². The molecule has 1 fully saturated rings. The smallest absolute Gasteiger partial charge is 0.253 e. The second-order valence-corrected chi connectivity index (χ2v) is 8.29. The summed E-state index contributed by atoms with van der Waals surface area (Å²) in [5, 5.41) is 4.75. The lowest BCUT2D eigenvalue weighted by Crippen LogP contribution is -2.39. The number of aromatic nitrogens is 2. The summed E-state index contributed by atoms with van der Waals surface area (Å²) in [7, 11) is 0. The van der Waals surface area contributed by atoms with Crippen molar-refractivity contribution in [1.29, 1.82) is 0 Å². The molecule has 6 heteroatoms. The van der Waals surface area contributed by atoms with Crippen molar-refractivity contribution >= 4 is 17.5 Å². The maximum Gasteiger partial charge on any atom is 0.253 e. The number of hydrogen-bond donors (Lipinski definition) is 0. The van der Waals surface area contributed by atoms with Gasteiger partial charge < -0.3 is 9.42 Å². The summed E-state index contributed by atoms with van der Waals surface area (Å²) in [6, 6.07) is 15.4. The fourth-order valence-corrected chi connectivity index (χ4v) is 4.08. The highest BCUT2D eigenvalue weighted by Gasteiger charge is 2.29. The molecule has 0 aliphatic carbocycles. The van der Waals surface area contributed by atoms with E-state index in [-0.39, 0.29) is 11.8 Å². The van der Waals surface area contributed by atoms with E-state index in [1.807, 2.05) is 41.3 Å². The molecule has 1 aliphatic rings. The third-order valence-electron chi connectivity index (χ3n) is 5.60. The zero-order chi connectivity index (χ0) is 20.9. The van der Waals surface area contributed by atoms with Crippen LogP contribution >= 0.6 is 11.6 Å². The molecule has 1 saturated heterocycles. The van der Waals surface area contributed by atoms with Gasteiger partial charge in [-0.25, -0.2) is 0 Å². The number of benzene rings is 2. The average Bonchev–Trinajstić information content (AvgIpc) is 3.28. The van der Waals surface area contributed by atoms with Crippen LogP contribution in [0.2, 0.25) is 5.02 Å². The van der Waals surface area contributed by atoms with Crippen LogP contribution in [0.15, 0.2) is 53.1 Å². The van der Waals surface area contributed by atoms with Gasteiger partial charge in [0.15, 0.2) is 0 Å². The molecule has 0 radical (unpaired) electrons. The number of halogens is 1. The summed E-state index contributed by atoms with van der Waals surface area (Å²) in [5.41, 5.74) is 2.84. The van der Waals surface area contributed by atoms with Gasteiger partial charge >= 0.3 is 0 Å². The van der Waals surface area contributed by atoms with E-state index >= 15 is 0 Å². The van der Waals surface area contributed by atoms with Crippen LogP contribution in [-0.2, 0) is 6.42 Å². The third-order valence-corrected chi connectivity index (χ3v) is 5.84. The Morgan fingerprint density at radius 2 is 2.07 bits per heavy atom. The molecular weight excluding hydrogens is 398 g/mol. The van der Waals surface area contributed by atoms with Gasteiger partial charge in [-0.2, -0.15) is 4.98 Å². The lowest BCUT2D eigenvalue weighted by atomic mass is 9.97. The zero-order valence-electron chi connectivity index (χ0n) is 17.2. The van der Waals surface area contributed by atoms with Crippen LogP contribution in [0.25, 0.3) is 11.4 Å². The van der Waals surface area contributed by atoms with Gasteiger partial charge in [0.2, 0.25) is 11.7 Å². The van der Waals surface area contributed by atoms with Crippen LogP contribution in [0.4, 0.5) is 0 Å². The number of carbonyl (C=O) groups excluding carboxylic acids is 1. The van der Waals surface area contributed by atoms with Gasteiger partial charge in [0, 0.05) is 29.2 Å². The second-order valence-electron chi connectivity index (χ2n) is 7.86. The second kappa shape index (κ2) is 9.43. The van der Waals surface area contributed by atoms with E-state index in [1.54, 1.807) is 0 Å². The fourth-order valence-electron chi connectivity index (χ4n) is 3.89.